The molecule has 3 rings (SSSR count). The first-order chi connectivity index (χ1) is 10.8. The maximum absolute atomic E-state index is 13.0. The highest BCUT2D eigenvalue weighted by Gasteiger charge is 2.44. The lowest BCUT2D eigenvalue weighted by molar-refractivity contribution is 0.00216. The number of ether oxygens (including phenoxy) is 1. The van der Waals surface area contributed by atoms with Crippen molar-refractivity contribution in [2.24, 2.45) is 5.92 Å². The summed E-state index contributed by atoms with van der Waals surface area (Å²) in [6, 6.07) is 7.40. The number of carbonyl (C=O) groups excluding carboxylic acids is 1. The average Bonchev–Trinajstić information content (AvgIpc) is 2.72. The summed E-state index contributed by atoms with van der Waals surface area (Å²) in [5.41, 5.74) is 0.739. The molecule has 1 aromatic carbocycles. The van der Waals surface area contributed by atoms with Crippen LogP contribution in [0, 0.1) is 11.7 Å². The van der Waals surface area contributed by atoms with Crippen LogP contribution in [0.4, 0.5) is 9.18 Å². The molecule has 2 unspecified atom stereocenters. The summed E-state index contributed by atoms with van der Waals surface area (Å²) in [4.78, 5) is 14.4. The van der Waals surface area contributed by atoms with Crippen molar-refractivity contribution < 1.29 is 13.9 Å². The van der Waals surface area contributed by atoms with Crippen LogP contribution in [0.25, 0.3) is 0 Å². The second-order valence-corrected chi connectivity index (χ2v) is 7.94. The molecule has 23 heavy (non-hydrogen) atoms. The lowest BCUT2D eigenvalue weighted by Crippen LogP contribution is -2.48. The molecular weight excluding hydrogens is 293 g/mol. The van der Waals surface area contributed by atoms with Gasteiger partial charge in [0, 0.05) is 12.1 Å². The van der Waals surface area contributed by atoms with E-state index in [0.717, 1.165) is 32.1 Å². The van der Waals surface area contributed by atoms with E-state index in [2.05, 4.69) is 0 Å². The van der Waals surface area contributed by atoms with Crippen LogP contribution in [0.5, 0.6) is 0 Å². The van der Waals surface area contributed by atoms with Crippen LogP contribution in [-0.2, 0) is 11.2 Å². The van der Waals surface area contributed by atoms with Crippen molar-refractivity contribution in [3.05, 3.63) is 35.6 Å². The fourth-order valence-corrected chi connectivity index (χ4v) is 4.02. The molecule has 2 saturated heterocycles. The highest BCUT2D eigenvalue weighted by atomic mass is 19.1. The number of halogens is 1. The number of piperidine rings is 1. The van der Waals surface area contributed by atoms with Crippen LogP contribution in [-0.4, -0.2) is 28.7 Å². The van der Waals surface area contributed by atoms with E-state index in [9.17, 15) is 9.18 Å². The maximum atomic E-state index is 13.0. The standard InChI is InChI=1S/C19H26FNO2/c1-19(2,3)23-18(22)21-16-8-9-17(21)12-14(11-16)10-13-4-6-15(20)7-5-13/h4-7,14,16-17H,8-12H2,1-3H3. The second kappa shape index (κ2) is 6.14. The first-order valence-electron chi connectivity index (χ1n) is 8.57. The number of amides is 1. The predicted molar refractivity (Wildman–Crippen MR) is 87.7 cm³/mol. The number of fused-ring (bicyclic) bond motifs is 2. The SMILES string of the molecule is CC(C)(C)OC(=O)N1C2CCC1CC(Cc1ccc(F)cc1)C2. The van der Waals surface area contributed by atoms with Gasteiger partial charge in [-0.25, -0.2) is 9.18 Å². The zero-order chi connectivity index (χ0) is 16.6. The molecule has 0 N–H and O–H groups in total. The first-order valence-corrected chi connectivity index (χ1v) is 8.57. The maximum Gasteiger partial charge on any atom is 0.410 e. The van der Waals surface area contributed by atoms with Gasteiger partial charge in [0.05, 0.1) is 0 Å². The first kappa shape index (κ1) is 16.3. The van der Waals surface area contributed by atoms with Crippen molar-refractivity contribution in [3.8, 4) is 0 Å². The Bertz CT molecular complexity index is 550. The van der Waals surface area contributed by atoms with E-state index >= 15 is 0 Å². The number of hydrogen-bond acceptors (Lipinski definition) is 2. The normalized spacial score (nSPS) is 27.1. The van der Waals surface area contributed by atoms with Crippen LogP contribution < -0.4 is 0 Å². The van der Waals surface area contributed by atoms with Gasteiger partial charge < -0.3 is 9.64 Å². The van der Waals surface area contributed by atoms with Crippen LogP contribution >= 0.6 is 0 Å². The van der Waals surface area contributed by atoms with E-state index in [4.69, 9.17) is 4.74 Å². The predicted octanol–water partition coefficient (Wildman–Crippen LogP) is 4.55. The Morgan fingerprint density at radius 3 is 2.26 bits per heavy atom. The fraction of sp³-hybridized carbons (Fsp3) is 0.632. The molecule has 2 aliphatic heterocycles. The van der Waals surface area contributed by atoms with E-state index in [1.54, 1.807) is 0 Å². The van der Waals surface area contributed by atoms with Crippen molar-refractivity contribution in [2.45, 2.75) is 70.6 Å². The highest BCUT2D eigenvalue weighted by Crippen LogP contribution is 2.40. The minimum atomic E-state index is -0.443. The fourth-order valence-electron chi connectivity index (χ4n) is 4.02. The van der Waals surface area contributed by atoms with Crippen LogP contribution in [0.2, 0.25) is 0 Å². The number of nitrogens with zero attached hydrogens (tertiary/aromatic N) is 1. The van der Waals surface area contributed by atoms with Crippen molar-refractivity contribution in [2.75, 3.05) is 0 Å². The second-order valence-electron chi connectivity index (χ2n) is 7.94. The lowest BCUT2D eigenvalue weighted by Gasteiger charge is -2.39. The van der Waals surface area contributed by atoms with Gasteiger partial charge in [0.15, 0.2) is 0 Å². The molecule has 126 valence electrons. The molecule has 0 radical (unpaired) electrons. The third kappa shape index (κ3) is 3.85. The third-order valence-electron chi connectivity index (χ3n) is 4.87. The van der Waals surface area contributed by atoms with Gasteiger partial charge >= 0.3 is 6.09 Å². The molecule has 0 spiro atoms. The Hall–Kier alpha value is -1.58. The summed E-state index contributed by atoms with van der Waals surface area (Å²) in [5.74, 6) is 0.380. The van der Waals surface area contributed by atoms with E-state index in [1.807, 2.05) is 37.8 Å². The molecule has 1 amide bonds. The molecule has 0 aliphatic carbocycles. The third-order valence-corrected chi connectivity index (χ3v) is 4.87. The van der Waals surface area contributed by atoms with Gasteiger partial charge in [-0.15, -0.1) is 0 Å². The Balaban J connectivity index is 1.62. The summed E-state index contributed by atoms with van der Waals surface area (Å²) in [6.45, 7) is 5.73. The molecule has 2 bridgehead atoms. The molecule has 0 saturated carbocycles. The summed E-state index contributed by atoms with van der Waals surface area (Å²) < 4.78 is 18.6. The molecule has 2 fully saturated rings. The zero-order valence-electron chi connectivity index (χ0n) is 14.2. The van der Waals surface area contributed by atoms with Crippen molar-refractivity contribution in [3.63, 3.8) is 0 Å². The molecule has 4 heteroatoms. The van der Waals surface area contributed by atoms with Gasteiger partial charge in [0.25, 0.3) is 0 Å². The summed E-state index contributed by atoms with van der Waals surface area (Å²) in [7, 11) is 0. The summed E-state index contributed by atoms with van der Waals surface area (Å²) in [5, 5.41) is 0. The monoisotopic (exact) mass is 319 g/mol. The molecule has 0 aromatic heterocycles. The number of rotatable bonds is 2. The highest BCUT2D eigenvalue weighted by molar-refractivity contribution is 5.69. The molecule has 2 atom stereocenters. The molecule has 3 nitrogen and oxygen atoms in total. The van der Waals surface area contributed by atoms with Gasteiger partial charge in [-0.3, -0.25) is 0 Å². The minimum absolute atomic E-state index is 0.162. The van der Waals surface area contributed by atoms with Crippen molar-refractivity contribution in [1.82, 2.24) is 4.90 Å². The Kier molecular flexibility index (Phi) is 4.35. The summed E-state index contributed by atoms with van der Waals surface area (Å²) in [6.07, 6.45) is 4.99. The Morgan fingerprint density at radius 1 is 1.17 bits per heavy atom. The minimum Gasteiger partial charge on any atom is -0.444 e. The van der Waals surface area contributed by atoms with Gasteiger partial charge in [0.1, 0.15) is 11.4 Å². The lowest BCUT2D eigenvalue weighted by atomic mass is 9.86. The van der Waals surface area contributed by atoms with Crippen LogP contribution in [0.1, 0.15) is 52.0 Å². The van der Waals surface area contributed by atoms with Crippen molar-refractivity contribution in [1.29, 1.82) is 0 Å². The molecule has 2 heterocycles. The van der Waals surface area contributed by atoms with Gasteiger partial charge in [-0.05, 0) is 76.5 Å². The van der Waals surface area contributed by atoms with Crippen molar-refractivity contribution >= 4 is 6.09 Å². The zero-order valence-corrected chi connectivity index (χ0v) is 14.2. The van der Waals surface area contributed by atoms with Gasteiger partial charge in [-0.1, -0.05) is 12.1 Å². The Morgan fingerprint density at radius 2 is 1.74 bits per heavy atom. The van der Waals surface area contributed by atoms with E-state index in [1.165, 1.54) is 17.7 Å². The van der Waals surface area contributed by atoms with E-state index in [-0.39, 0.29) is 11.9 Å². The molecular formula is C19H26FNO2. The smallest absolute Gasteiger partial charge is 0.410 e. The molecule has 1 aromatic rings. The quantitative estimate of drug-likeness (QED) is 0.800. The Labute approximate surface area is 137 Å². The topological polar surface area (TPSA) is 29.5 Å². The van der Waals surface area contributed by atoms with Crippen LogP contribution in [0.15, 0.2) is 24.3 Å². The molecule has 2 aliphatic rings. The van der Waals surface area contributed by atoms with Crippen LogP contribution in [0.3, 0.4) is 0 Å². The van der Waals surface area contributed by atoms with Gasteiger partial charge in [-0.2, -0.15) is 0 Å². The average molecular weight is 319 g/mol. The van der Waals surface area contributed by atoms with Gasteiger partial charge in [0.2, 0.25) is 0 Å². The van der Waals surface area contributed by atoms with E-state index < -0.39 is 5.60 Å². The number of hydrogen-bond donors (Lipinski definition) is 0. The number of carbonyl (C=O) groups is 1. The summed E-state index contributed by atoms with van der Waals surface area (Å²) >= 11 is 0. The number of benzene rings is 1. The van der Waals surface area contributed by atoms with E-state index in [0.29, 0.717) is 18.0 Å². The largest absolute Gasteiger partial charge is 0.444 e.